The number of nitrogens with zero attached hydrogens (tertiary/aromatic N) is 2. The van der Waals surface area contributed by atoms with Crippen LogP contribution in [0.2, 0.25) is 10.0 Å². The molecular formula is C17H15Cl2N3O. The van der Waals surface area contributed by atoms with E-state index >= 15 is 0 Å². The monoisotopic (exact) mass is 347 g/mol. The highest BCUT2D eigenvalue weighted by Gasteiger charge is 2.12. The second-order valence-electron chi connectivity index (χ2n) is 5.15. The van der Waals surface area contributed by atoms with Gasteiger partial charge in [-0.1, -0.05) is 64.8 Å². The molecule has 0 unspecified atom stereocenters. The van der Waals surface area contributed by atoms with Gasteiger partial charge in [0.2, 0.25) is 11.7 Å². The Morgan fingerprint density at radius 3 is 2.65 bits per heavy atom. The molecule has 0 aliphatic heterocycles. The number of hydrogen-bond acceptors (Lipinski definition) is 4. The molecule has 1 heterocycles. The fourth-order valence-electron chi connectivity index (χ4n) is 2.23. The van der Waals surface area contributed by atoms with Crippen molar-refractivity contribution in [1.82, 2.24) is 15.5 Å². The van der Waals surface area contributed by atoms with Crippen LogP contribution in [0.5, 0.6) is 0 Å². The summed E-state index contributed by atoms with van der Waals surface area (Å²) in [5.74, 6) is 1.11. The number of halogens is 2. The van der Waals surface area contributed by atoms with Crippen molar-refractivity contribution in [3.8, 4) is 11.4 Å². The fourth-order valence-corrected chi connectivity index (χ4v) is 2.81. The lowest BCUT2D eigenvalue weighted by atomic mass is 10.1. The van der Waals surface area contributed by atoms with Gasteiger partial charge in [-0.25, -0.2) is 0 Å². The van der Waals surface area contributed by atoms with Crippen molar-refractivity contribution in [3.05, 3.63) is 70.0 Å². The second kappa shape index (κ2) is 7.13. The van der Waals surface area contributed by atoms with Crippen LogP contribution in [0.1, 0.15) is 24.4 Å². The first-order valence-corrected chi connectivity index (χ1v) is 7.95. The smallest absolute Gasteiger partial charge is 0.240 e. The lowest BCUT2D eigenvalue weighted by molar-refractivity contribution is 0.360. The molecule has 0 fully saturated rings. The van der Waals surface area contributed by atoms with Gasteiger partial charge >= 0.3 is 0 Å². The Bertz CT molecular complexity index is 790. The van der Waals surface area contributed by atoms with Crippen LogP contribution >= 0.6 is 23.2 Å². The van der Waals surface area contributed by atoms with Gasteiger partial charge < -0.3 is 9.84 Å². The maximum atomic E-state index is 6.21. The summed E-state index contributed by atoms with van der Waals surface area (Å²) < 4.78 is 5.28. The molecule has 1 N–H and O–H groups in total. The minimum absolute atomic E-state index is 0.0341. The Balaban J connectivity index is 1.65. The molecule has 2 aromatic carbocycles. The molecule has 3 rings (SSSR count). The maximum Gasteiger partial charge on any atom is 0.240 e. The predicted octanol–water partition coefficient (Wildman–Crippen LogP) is 4.89. The van der Waals surface area contributed by atoms with E-state index in [1.165, 1.54) is 0 Å². The van der Waals surface area contributed by atoms with Crippen molar-refractivity contribution >= 4 is 23.2 Å². The maximum absolute atomic E-state index is 6.21. The van der Waals surface area contributed by atoms with Crippen molar-refractivity contribution in [3.63, 3.8) is 0 Å². The van der Waals surface area contributed by atoms with Crippen LogP contribution in [0, 0.1) is 0 Å². The van der Waals surface area contributed by atoms with Gasteiger partial charge in [0.15, 0.2) is 0 Å². The Morgan fingerprint density at radius 1 is 1.13 bits per heavy atom. The standard InChI is InChI=1S/C17H15Cl2N3O/c1-11(14-8-7-13(18)9-15(14)19)20-10-16-21-17(22-23-16)12-5-3-2-4-6-12/h2-9,11,20H,10H2,1H3/t11-/m1/s1. The molecule has 23 heavy (non-hydrogen) atoms. The lowest BCUT2D eigenvalue weighted by Gasteiger charge is -2.14. The van der Waals surface area contributed by atoms with E-state index < -0.39 is 0 Å². The van der Waals surface area contributed by atoms with Gasteiger partial charge in [0, 0.05) is 21.7 Å². The number of aromatic nitrogens is 2. The molecule has 0 radical (unpaired) electrons. The van der Waals surface area contributed by atoms with E-state index in [1.807, 2.05) is 49.4 Å². The highest BCUT2D eigenvalue weighted by Crippen LogP contribution is 2.26. The fraction of sp³-hybridized carbons (Fsp3) is 0.176. The SMILES string of the molecule is C[C@@H](NCc1nc(-c2ccccc2)no1)c1ccc(Cl)cc1Cl. The molecule has 0 amide bonds. The first kappa shape index (κ1) is 16.0. The van der Waals surface area contributed by atoms with E-state index in [9.17, 15) is 0 Å². The zero-order valence-electron chi connectivity index (χ0n) is 12.5. The van der Waals surface area contributed by atoms with Crippen LogP contribution in [0.3, 0.4) is 0 Å². The molecule has 0 bridgehead atoms. The van der Waals surface area contributed by atoms with E-state index in [0.717, 1.165) is 11.1 Å². The van der Waals surface area contributed by atoms with Gasteiger partial charge in [-0.3, -0.25) is 0 Å². The molecule has 6 heteroatoms. The van der Waals surface area contributed by atoms with E-state index in [2.05, 4.69) is 15.5 Å². The highest BCUT2D eigenvalue weighted by atomic mass is 35.5. The summed E-state index contributed by atoms with van der Waals surface area (Å²) in [5.41, 5.74) is 1.90. The summed E-state index contributed by atoms with van der Waals surface area (Å²) in [6.45, 7) is 2.48. The molecule has 1 atom stereocenters. The summed E-state index contributed by atoms with van der Waals surface area (Å²) in [5, 5.41) is 8.57. The molecule has 4 nitrogen and oxygen atoms in total. The summed E-state index contributed by atoms with van der Waals surface area (Å²) in [6.07, 6.45) is 0. The lowest BCUT2D eigenvalue weighted by Crippen LogP contribution is -2.18. The quantitative estimate of drug-likeness (QED) is 0.713. The zero-order chi connectivity index (χ0) is 16.2. The molecule has 0 spiro atoms. The first-order chi connectivity index (χ1) is 11.1. The third kappa shape index (κ3) is 3.91. The third-order valence-electron chi connectivity index (χ3n) is 3.49. The van der Waals surface area contributed by atoms with Gasteiger partial charge in [0.05, 0.1) is 6.54 Å². The molecule has 0 aliphatic rings. The first-order valence-electron chi connectivity index (χ1n) is 7.20. The molecule has 118 valence electrons. The molecule has 0 saturated carbocycles. The Hall–Kier alpha value is -1.88. The largest absolute Gasteiger partial charge is 0.338 e. The number of hydrogen-bond donors (Lipinski definition) is 1. The van der Waals surface area contributed by atoms with Crippen LogP contribution in [0.4, 0.5) is 0 Å². The molecule has 0 saturated heterocycles. The average molecular weight is 348 g/mol. The highest BCUT2D eigenvalue weighted by molar-refractivity contribution is 6.35. The van der Waals surface area contributed by atoms with E-state index in [1.54, 1.807) is 6.07 Å². The van der Waals surface area contributed by atoms with Crippen LogP contribution in [-0.2, 0) is 6.54 Å². The second-order valence-corrected chi connectivity index (χ2v) is 5.99. The number of rotatable bonds is 5. The molecule has 1 aromatic heterocycles. The van der Waals surface area contributed by atoms with Crippen LogP contribution < -0.4 is 5.32 Å². The molecule has 0 aliphatic carbocycles. The van der Waals surface area contributed by atoms with E-state index in [-0.39, 0.29) is 6.04 Å². The van der Waals surface area contributed by atoms with Gasteiger partial charge in [-0.2, -0.15) is 4.98 Å². The molecular weight excluding hydrogens is 333 g/mol. The van der Waals surface area contributed by atoms with Crippen molar-refractivity contribution in [2.75, 3.05) is 0 Å². The number of benzene rings is 2. The minimum atomic E-state index is 0.0341. The minimum Gasteiger partial charge on any atom is -0.338 e. The van der Waals surface area contributed by atoms with Crippen molar-refractivity contribution in [2.24, 2.45) is 0 Å². The number of nitrogens with one attached hydrogen (secondary N) is 1. The van der Waals surface area contributed by atoms with Crippen LogP contribution in [0.25, 0.3) is 11.4 Å². The third-order valence-corrected chi connectivity index (χ3v) is 4.05. The summed E-state index contributed by atoms with van der Waals surface area (Å²) >= 11 is 12.1. The molecule has 3 aromatic rings. The van der Waals surface area contributed by atoms with Crippen molar-refractivity contribution in [1.29, 1.82) is 0 Å². The normalized spacial score (nSPS) is 12.3. The predicted molar refractivity (Wildman–Crippen MR) is 91.5 cm³/mol. The van der Waals surface area contributed by atoms with Gasteiger partial charge in [0.1, 0.15) is 0 Å². The Labute approximate surface area is 144 Å². The Kier molecular flexibility index (Phi) is 4.96. The zero-order valence-corrected chi connectivity index (χ0v) is 14.0. The summed E-state index contributed by atoms with van der Waals surface area (Å²) in [7, 11) is 0. The van der Waals surface area contributed by atoms with E-state index in [4.69, 9.17) is 27.7 Å². The van der Waals surface area contributed by atoms with Gasteiger partial charge in [0.25, 0.3) is 0 Å². The van der Waals surface area contributed by atoms with Crippen molar-refractivity contribution in [2.45, 2.75) is 19.5 Å². The average Bonchev–Trinajstić information content (AvgIpc) is 3.02. The van der Waals surface area contributed by atoms with Crippen LogP contribution in [-0.4, -0.2) is 10.1 Å². The van der Waals surface area contributed by atoms with Gasteiger partial charge in [-0.15, -0.1) is 0 Å². The van der Waals surface area contributed by atoms with E-state index in [0.29, 0.717) is 28.3 Å². The van der Waals surface area contributed by atoms with Crippen LogP contribution in [0.15, 0.2) is 53.1 Å². The Morgan fingerprint density at radius 2 is 1.91 bits per heavy atom. The summed E-state index contributed by atoms with van der Waals surface area (Å²) in [4.78, 5) is 4.39. The topological polar surface area (TPSA) is 51.0 Å². The van der Waals surface area contributed by atoms with Crippen molar-refractivity contribution < 1.29 is 4.52 Å². The van der Waals surface area contributed by atoms with Gasteiger partial charge in [-0.05, 0) is 24.6 Å². The summed E-state index contributed by atoms with van der Waals surface area (Å²) in [6, 6.07) is 15.2.